The average Bonchev–Trinajstić information content (AvgIpc) is 3.05. The molecule has 0 radical (unpaired) electrons. The SMILES string of the molecule is Cc1ccc(Cl)cc1N1CCN(CC(=O)Nc2sc3c(c2C#N)CCCCCC3)CC1. The molecule has 0 saturated carbocycles. The zero-order valence-corrected chi connectivity index (χ0v) is 19.6. The van der Waals surface area contributed by atoms with Gasteiger partial charge in [-0.25, -0.2) is 0 Å². The van der Waals surface area contributed by atoms with Crippen LogP contribution in [0.4, 0.5) is 10.7 Å². The highest BCUT2D eigenvalue weighted by atomic mass is 35.5. The van der Waals surface area contributed by atoms with Gasteiger partial charge < -0.3 is 10.2 Å². The molecule has 0 atom stereocenters. The number of amides is 1. The highest BCUT2D eigenvalue weighted by Crippen LogP contribution is 2.36. The summed E-state index contributed by atoms with van der Waals surface area (Å²) >= 11 is 7.79. The first-order valence-electron chi connectivity index (χ1n) is 11.1. The van der Waals surface area contributed by atoms with Gasteiger partial charge in [0, 0.05) is 41.8 Å². The Morgan fingerprint density at radius 3 is 2.65 bits per heavy atom. The molecule has 2 aromatic rings. The molecule has 1 aromatic carbocycles. The summed E-state index contributed by atoms with van der Waals surface area (Å²) in [4.78, 5) is 18.6. The fraction of sp³-hybridized carbons (Fsp3) is 0.500. The van der Waals surface area contributed by atoms with E-state index in [0.29, 0.717) is 12.1 Å². The van der Waals surface area contributed by atoms with Gasteiger partial charge in [-0.15, -0.1) is 11.3 Å². The highest BCUT2D eigenvalue weighted by molar-refractivity contribution is 7.16. The van der Waals surface area contributed by atoms with Crippen molar-refractivity contribution in [3.05, 3.63) is 44.8 Å². The minimum Gasteiger partial charge on any atom is -0.369 e. The second kappa shape index (κ2) is 10.0. The summed E-state index contributed by atoms with van der Waals surface area (Å²) in [6.07, 6.45) is 6.75. The monoisotopic (exact) mass is 456 g/mol. The van der Waals surface area contributed by atoms with Gasteiger partial charge in [0.15, 0.2) is 0 Å². The van der Waals surface area contributed by atoms with Gasteiger partial charge in [-0.05, 0) is 55.9 Å². The Bertz CT molecular complexity index is 988. The number of hydrogen-bond donors (Lipinski definition) is 1. The lowest BCUT2D eigenvalue weighted by Gasteiger charge is -2.36. The minimum absolute atomic E-state index is 0.0295. The summed E-state index contributed by atoms with van der Waals surface area (Å²) in [6, 6.07) is 8.35. The molecule has 4 rings (SSSR count). The molecule has 5 nitrogen and oxygen atoms in total. The van der Waals surface area contributed by atoms with Crippen molar-refractivity contribution >= 4 is 39.5 Å². The molecular formula is C24H29ClN4OS. The lowest BCUT2D eigenvalue weighted by atomic mass is 9.97. The Balaban J connectivity index is 1.35. The van der Waals surface area contributed by atoms with Crippen LogP contribution in [0.1, 0.15) is 47.3 Å². The zero-order valence-electron chi connectivity index (χ0n) is 18.0. The van der Waals surface area contributed by atoms with Crippen LogP contribution >= 0.6 is 22.9 Å². The number of carbonyl (C=O) groups is 1. The fourth-order valence-corrected chi connectivity index (χ4v) is 5.99. The number of nitrogens with zero attached hydrogens (tertiary/aromatic N) is 3. The third-order valence-electron chi connectivity index (χ3n) is 6.29. The topological polar surface area (TPSA) is 59.4 Å². The van der Waals surface area contributed by atoms with Gasteiger partial charge in [0.05, 0.1) is 12.1 Å². The number of halogens is 1. The van der Waals surface area contributed by atoms with Crippen LogP contribution in [0.15, 0.2) is 18.2 Å². The van der Waals surface area contributed by atoms with Crippen molar-refractivity contribution in [1.29, 1.82) is 5.26 Å². The average molecular weight is 457 g/mol. The first kappa shape index (κ1) is 22.1. The number of nitrogens with one attached hydrogen (secondary N) is 1. The number of thiophene rings is 1. The van der Waals surface area contributed by atoms with Crippen molar-refractivity contribution in [2.45, 2.75) is 45.4 Å². The first-order chi connectivity index (χ1) is 15.0. The van der Waals surface area contributed by atoms with Crippen molar-refractivity contribution in [1.82, 2.24) is 4.90 Å². The van der Waals surface area contributed by atoms with Crippen LogP contribution in [0.25, 0.3) is 0 Å². The maximum absolute atomic E-state index is 12.8. The largest absolute Gasteiger partial charge is 0.369 e. The molecular weight excluding hydrogens is 428 g/mol. The van der Waals surface area contributed by atoms with Crippen LogP contribution in [0.5, 0.6) is 0 Å². The molecule has 1 aliphatic heterocycles. The second-order valence-corrected chi connectivity index (χ2v) is 10.0. The second-order valence-electron chi connectivity index (χ2n) is 8.48. The van der Waals surface area contributed by atoms with Crippen LogP contribution in [0, 0.1) is 18.3 Å². The van der Waals surface area contributed by atoms with E-state index in [0.717, 1.165) is 55.5 Å². The van der Waals surface area contributed by atoms with E-state index < -0.39 is 0 Å². The molecule has 1 aliphatic carbocycles. The molecule has 2 aliphatic rings. The van der Waals surface area contributed by atoms with E-state index in [1.54, 1.807) is 11.3 Å². The van der Waals surface area contributed by atoms with E-state index in [1.165, 1.54) is 41.0 Å². The van der Waals surface area contributed by atoms with Crippen LogP contribution in [0.2, 0.25) is 5.02 Å². The number of fused-ring (bicyclic) bond motifs is 1. The van der Waals surface area contributed by atoms with E-state index in [4.69, 9.17) is 11.6 Å². The van der Waals surface area contributed by atoms with Crippen molar-refractivity contribution < 1.29 is 4.79 Å². The van der Waals surface area contributed by atoms with Gasteiger partial charge in [0.1, 0.15) is 11.1 Å². The van der Waals surface area contributed by atoms with Crippen LogP contribution < -0.4 is 10.2 Å². The van der Waals surface area contributed by atoms with Crippen LogP contribution in [0.3, 0.4) is 0 Å². The standard InChI is InChI=1S/C24H29ClN4OS/c1-17-8-9-18(25)14-21(17)29-12-10-28(11-13-29)16-23(30)27-24-20(15-26)19-6-4-2-3-5-7-22(19)31-24/h8-9,14H,2-7,10-13,16H2,1H3,(H,27,30). The van der Waals surface area contributed by atoms with Gasteiger partial charge in [-0.3, -0.25) is 9.69 Å². The Kier molecular flexibility index (Phi) is 7.16. The van der Waals surface area contributed by atoms with E-state index in [1.807, 2.05) is 12.1 Å². The highest BCUT2D eigenvalue weighted by Gasteiger charge is 2.23. The zero-order chi connectivity index (χ0) is 21.8. The van der Waals surface area contributed by atoms with Crippen LogP contribution in [-0.4, -0.2) is 43.5 Å². The molecule has 1 saturated heterocycles. The van der Waals surface area contributed by atoms with Gasteiger partial charge in [-0.2, -0.15) is 5.26 Å². The van der Waals surface area contributed by atoms with Crippen LogP contribution in [-0.2, 0) is 17.6 Å². The van der Waals surface area contributed by atoms with Gasteiger partial charge in [-0.1, -0.05) is 30.5 Å². The van der Waals surface area contributed by atoms with Crippen molar-refractivity contribution in [3.8, 4) is 6.07 Å². The van der Waals surface area contributed by atoms with Crippen molar-refractivity contribution in [2.75, 3.05) is 42.9 Å². The van der Waals surface area contributed by atoms with E-state index in [9.17, 15) is 10.1 Å². The predicted octanol–water partition coefficient (Wildman–Crippen LogP) is 5.00. The summed E-state index contributed by atoms with van der Waals surface area (Å²) in [7, 11) is 0. The molecule has 0 unspecified atom stereocenters. The summed E-state index contributed by atoms with van der Waals surface area (Å²) in [5, 5.41) is 14.3. The molecule has 1 N–H and O–H groups in total. The molecule has 0 spiro atoms. The molecule has 1 aromatic heterocycles. The number of hydrogen-bond acceptors (Lipinski definition) is 5. The normalized spacial score (nSPS) is 17.4. The molecule has 7 heteroatoms. The molecule has 0 bridgehead atoms. The third-order valence-corrected chi connectivity index (χ3v) is 7.73. The minimum atomic E-state index is -0.0295. The Morgan fingerprint density at radius 1 is 1.16 bits per heavy atom. The van der Waals surface area contributed by atoms with E-state index >= 15 is 0 Å². The van der Waals surface area contributed by atoms with E-state index in [-0.39, 0.29) is 5.91 Å². The molecule has 164 valence electrons. The van der Waals surface area contributed by atoms with Gasteiger partial charge in [0.25, 0.3) is 0 Å². The number of carbonyl (C=O) groups excluding carboxylic acids is 1. The quantitative estimate of drug-likeness (QED) is 0.703. The van der Waals surface area contributed by atoms with Gasteiger partial charge >= 0.3 is 0 Å². The number of nitriles is 1. The maximum Gasteiger partial charge on any atom is 0.239 e. The number of piperazine rings is 1. The fourth-order valence-electron chi connectivity index (χ4n) is 4.57. The Hall–Kier alpha value is -2.07. The predicted molar refractivity (Wildman–Crippen MR) is 128 cm³/mol. The number of benzene rings is 1. The Labute approximate surface area is 193 Å². The molecule has 1 fully saturated rings. The Morgan fingerprint density at radius 2 is 1.90 bits per heavy atom. The molecule has 31 heavy (non-hydrogen) atoms. The maximum atomic E-state index is 12.8. The number of aryl methyl sites for hydroxylation is 2. The van der Waals surface area contributed by atoms with Crippen molar-refractivity contribution in [3.63, 3.8) is 0 Å². The van der Waals surface area contributed by atoms with Gasteiger partial charge in [0.2, 0.25) is 5.91 Å². The lowest BCUT2D eigenvalue weighted by Crippen LogP contribution is -2.48. The molecule has 2 heterocycles. The number of rotatable bonds is 4. The lowest BCUT2D eigenvalue weighted by molar-refractivity contribution is -0.117. The smallest absolute Gasteiger partial charge is 0.239 e. The van der Waals surface area contributed by atoms with E-state index in [2.05, 4.69) is 34.2 Å². The number of anilines is 2. The third kappa shape index (κ3) is 5.23. The summed E-state index contributed by atoms with van der Waals surface area (Å²) in [5.41, 5.74) is 4.25. The summed E-state index contributed by atoms with van der Waals surface area (Å²) in [6.45, 7) is 5.84. The summed E-state index contributed by atoms with van der Waals surface area (Å²) < 4.78 is 0. The van der Waals surface area contributed by atoms with Crippen molar-refractivity contribution in [2.24, 2.45) is 0 Å². The molecule has 1 amide bonds. The first-order valence-corrected chi connectivity index (χ1v) is 12.3. The summed E-state index contributed by atoms with van der Waals surface area (Å²) in [5.74, 6) is -0.0295.